The molecule has 0 aliphatic carbocycles. The minimum absolute atomic E-state index is 0.0780. The number of carbonyl (C=O) groups is 2. The van der Waals surface area contributed by atoms with Gasteiger partial charge in [-0.25, -0.2) is 0 Å². The molecule has 0 radical (unpaired) electrons. The molecule has 2 amide bonds. The van der Waals surface area contributed by atoms with E-state index in [2.05, 4.69) is 5.10 Å². The van der Waals surface area contributed by atoms with Gasteiger partial charge in [0.15, 0.2) is 11.5 Å². The molecule has 2 aromatic heterocycles. The van der Waals surface area contributed by atoms with E-state index in [1.807, 2.05) is 11.9 Å². The quantitative estimate of drug-likeness (QED) is 0.797. The maximum Gasteiger partial charge on any atom is 0.289 e. The van der Waals surface area contributed by atoms with E-state index in [1.165, 1.54) is 11.2 Å². The summed E-state index contributed by atoms with van der Waals surface area (Å²) in [4.78, 5) is 28.2. The Labute approximate surface area is 157 Å². The summed E-state index contributed by atoms with van der Waals surface area (Å²) >= 11 is 0. The van der Waals surface area contributed by atoms with E-state index < -0.39 is 0 Å². The Morgan fingerprint density at radius 3 is 2.63 bits per heavy atom. The van der Waals surface area contributed by atoms with Gasteiger partial charge in [0.2, 0.25) is 0 Å². The number of furan rings is 1. The van der Waals surface area contributed by atoms with Crippen LogP contribution in [0.4, 0.5) is 0 Å². The van der Waals surface area contributed by atoms with Crippen LogP contribution >= 0.6 is 0 Å². The van der Waals surface area contributed by atoms with Gasteiger partial charge in [-0.1, -0.05) is 0 Å². The normalized spacial score (nSPS) is 18.4. The number of aromatic nitrogens is 2. The first-order valence-electron chi connectivity index (χ1n) is 9.13. The van der Waals surface area contributed by atoms with Gasteiger partial charge >= 0.3 is 0 Å². The average Bonchev–Trinajstić information content (AvgIpc) is 3.30. The molecule has 27 heavy (non-hydrogen) atoms. The van der Waals surface area contributed by atoms with E-state index in [9.17, 15) is 9.59 Å². The smallest absolute Gasteiger partial charge is 0.289 e. The largest absolute Gasteiger partial charge is 0.459 e. The third kappa shape index (κ3) is 3.03. The number of piperidine rings is 1. The third-order valence-electron chi connectivity index (χ3n) is 5.59. The number of likely N-dealkylation sites (tertiary alicyclic amines) is 1. The first-order chi connectivity index (χ1) is 12.9. The number of nitrogens with zero attached hydrogens (tertiary/aromatic N) is 4. The fourth-order valence-corrected chi connectivity index (χ4v) is 3.94. The second kappa shape index (κ2) is 6.53. The molecule has 144 valence electrons. The maximum atomic E-state index is 12.5. The second-order valence-corrected chi connectivity index (χ2v) is 7.52. The number of hydrogen-bond acceptors (Lipinski definition) is 5. The molecule has 1 spiro atoms. The zero-order chi connectivity index (χ0) is 19.2. The molecular formula is C19H24N4O4. The van der Waals surface area contributed by atoms with Crippen LogP contribution in [0.3, 0.4) is 0 Å². The van der Waals surface area contributed by atoms with Crippen LogP contribution in [0.2, 0.25) is 0 Å². The van der Waals surface area contributed by atoms with E-state index in [1.54, 1.807) is 30.9 Å². The minimum Gasteiger partial charge on any atom is -0.459 e. The SMILES string of the molecule is CN(C)C(=O)c1nn(C)c2c1COC1(CCN(C(=O)c3ccco3)CC1)C2. The van der Waals surface area contributed by atoms with E-state index in [0.717, 1.165) is 24.1 Å². The summed E-state index contributed by atoms with van der Waals surface area (Å²) < 4.78 is 13.3. The van der Waals surface area contributed by atoms with Crippen molar-refractivity contribution in [1.29, 1.82) is 0 Å². The molecule has 8 nitrogen and oxygen atoms in total. The highest BCUT2D eigenvalue weighted by Crippen LogP contribution is 2.37. The molecule has 0 aromatic carbocycles. The Kier molecular flexibility index (Phi) is 4.30. The van der Waals surface area contributed by atoms with Gasteiger partial charge in [0.05, 0.1) is 18.5 Å². The van der Waals surface area contributed by atoms with Crippen LogP contribution in [0.15, 0.2) is 22.8 Å². The predicted molar refractivity (Wildman–Crippen MR) is 96.3 cm³/mol. The van der Waals surface area contributed by atoms with Gasteiger partial charge in [-0.05, 0) is 25.0 Å². The van der Waals surface area contributed by atoms with E-state index in [4.69, 9.17) is 9.15 Å². The topological polar surface area (TPSA) is 80.8 Å². The van der Waals surface area contributed by atoms with Crippen LogP contribution in [-0.4, -0.2) is 64.2 Å². The van der Waals surface area contributed by atoms with Crippen LogP contribution in [0.1, 0.15) is 45.1 Å². The van der Waals surface area contributed by atoms with Crippen molar-refractivity contribution in [1.82, 2.24) is 19.6 Å². The Hall–Kier alpha value is -2.61. The summed E-state index contributed by atoms with van der Waals surface area (Å²) in [7, 11) is 5.32. The molecule has 0 saturated carbocycles. The van der Waals surface area contributed by atoms with Crippen molar-refractivity contribution < 1.29 is 18.7 Å². The molecule has 2 aromatic rings. The molecule has 4 heterocycles. The van der Waals surface area contributed by atoms with Crippen LogP contribution in [0, 0.1) is 0 Å². The highest BCUT2D eigenvalue weighted by molar-refractivity contribution is 5.93. The highest BCUT2D eigenvalue weighted by Gasteiger charge is 2.42. The molecule has 1 fully saturated rings. The number of rotatable bonds is 2. The van der Waals surface area contributed by atoms with Gasteiger partial charge < -0.3 is 19.0 Å². The molecule has 0 bridgehead atoms. The second-order valence-electron chi connectivity index (χ2n) is 7.52. The molecule has 1 saturated heterocycles. The Bertz CT molecular complexity index is 861. The van der Waals surface area contributed by atoms with Crippen molar-refractivity contribution in [2.45, 2.75) is 31.5 Å². The number of hydrogen-bond donors (Lipinski definition) is 0. The Morgan fingerprint density at radius 1 is 1.26 bits per heavy atom. The molecule has 0 unspecified atom stereocenters. The monoisotopic (exact) mass is 372 g/mol. The zero-order valence-corrected chi connectivity index (χ0v) is 15.9. The minimum atomic E-state index is -0.306. The third-order valence-corrected chi connectivity index (χ3v) is 5.59. The molecular weight excluding hydrogens is 348 g/mol. The van der Waals surface area contributed by atoms with Crippen LogP contribution in [0.25, 0.3) is 0 Å². The summed E-state index contributed by atoms with van der Waals surface area (Å²) in [5, 5.41) is 4.44. The number of carbonyl (C=O) groups excluding carboxylic acids is 2. The molecule has 4 rings (SSSR count). The average molecular weight is 372 g/mol. The van der Waals surface area contributed by atoms with Crippen molar-refractivity contribution in [2.24, 2.45) is 7.05 Å². The summed E-state index contributed by atoms with van der Waals surface area (Å²) in [5.74, 6) is 0.187. The predicted octanol–water partition coefficient (Wildman–Crippen LogP) is 1.46. The number of ether oxygens (including phenoxy) is 1. The standard InChI is InChI=1S/C19H24N4O4/c1-21(2)18(25)16-13-12-27-19(11-14(13)22(3)20-16)6-8-23(9-7-19)17(24)15-5-4-10-26-15/h4-5,10H,6-9,11-12H2,1-3H3. The van der Waals surface area contributed by atoms with Gasteiger partial charge in [-0.2, -0.15) is 5.10 Å². The number of aryl methyl sites for hydroxylation is 1. The molecule has 0 N–H and O–H groups in total. The van der Waals surface area contributed by atoms with E-state index >= 15 is 0 Å². The summed E-state index contributed by atoms with van der Waals surface area (Å²) in [5.41, 5.74) is 2.10. The summed E-state index contributed by atoms with van der Waals surface area (Å²) in [6.07, 6.45) is 3.72. The molecule has 8 heteroatoms. The lowest BCUT2D eigenvalue weighted by molar-refractivity contribution is -0.0992. The fourth-order valence-electron chi connectivity index (χ4n) is 3.94. The van der Waals surface area contributed by atoms with Gasteiger partial charge in [-0.3, -0.25) is 14.3 Å². The number of fused-ring (bicyclic) bond motifs is 1. The Morgan fingerprint density at radius 2 is 2.00 bits per heavy atom. The van der Waals surface area contributed by atoms with E-state index in [0.29, 0.717) is 37.6 Å². The zero-order valence-electron chi connectivity index (χ0n) is 15.9. The van der Waals surface area contributed by atoms with Gasteiger partial charge in [0.25, 0.3) is 11.8 Å². The molecule has 0 atom stereocenters. The van der Waals surface area contributed by atoms with Crippen molar-refractivity contribution in [3.05, 3.63) is 41.1 Å². The summed E-state index contributed by atoms with van der Waals surface area (Å²) in [6.45, 7) is 1.62. The molecule has 2 aliphatic heterocycles. The van der Waals surface area contributed by atoms with Gasteiger partial charge in [-0.15, -0.1) is 0 Å². The first kappa shape index (κ1) is 17.8. The van der Waals surface area contributed by atoms with E-state index in [-0.39, 0.29) is 17.4 Å². The van der Waals surface area contributed by atoms with Crippen molar-refractivity contribution in [2.75, 3.05) is 27.2 Å². The fraction of sp³-hybridized carbons (Fsp3) is 0.526. The van der Waals surface area contributed by atoms with Gasteiger partial charge in [0, 0.05) is 51.9 Å². The lowest BCUT2D eigenvalue weighted by Crippen LogP contribution is -2.50. The van der Waals surface area contributed by atoms with Gasteiger partial charge in [0.1, 0.15) is 0 Å². The lowest BCUT2D eigenvalue weighted by atomic mass is 9.83. The maximum absolute atomic E-state index is 12.5. The van der Waals surface area contributed by atoms with Crippen LogP contribution < -0.4 is 0 Å². The highest BCUT2D eigenvalue weighted by atomic mass is 16.5. The number of amides is 2. The lowest BCUT2D eigenvalue weighted by Gasteiger charge is -2.43. The molecule has 2 aliphatic rings. The summed E-state index contributed by atoms with van der Waals surface area (Å²) in [6, 6.07) is 3.41. The van der Waals surface area contributed by atoms with Crippen molar-refractivity contribution in [3.63, 3.8) is 0 Å². The van der Waals surface area contributed by atoms with Crippen LogP contribution in [-0.2, 0) is 24.8 Å². The van der Waals surface area contributed by atoms with Crippen molar-refractivity contribution in [3.8, 4) is 0 Å². The van der Waals surface area contributed by atoms with Crippen LogP contribution in [0.5, 0.6) is 0 Å². The Balaban J connectivity index is 1.49. The van der Waals surface area contributed by atoms with Crippen molar-refractivity contribution >= 4 is 11.8 Å². The first-order valence-corrected chi connectivity index (χ1v) is 9.13.